The molecule has 0 aromatic heterocycles. The second-order valence-electron chi connectivity index (χ2n) is 1.81. The Kier molecular flexibility index (Phi) is 10.5. The maximum absolute atomic E-state index is 2.22. The summed E-state index contributed by atoms with van der Waals surface area (Å²) in [6.45, 7) is 10.5. The van der Waals surface area contributed by atoms with E-state index in [4.69, 9.17) is 0 Å². The Bertz CT molecular complexity index is 30.0. The minimum absolute atomic E-state index is 0. The Morgan fingerprint density at radius 1 is 0.875 bits per heavy atom. The number of hydrogen-bond acceptors (Lipinski definition) is 0. The van der Waals surface area contributed by atoms with Crippen molar-refractivity contribution in [3.05, 3.63) is 0 Å². The molecule has 0 fully saturated rings. The van der Waals surface area contributed by atoms with E-state index >= 15 is 0 Å². The Hall–Kier alpha value is 0.440. The average Bonchev–Trinajstić information content (AvgIpc) is 1.72. The topological polar surface area (TPSA) is 4.44 Å². The first-order valence-corrected chi connectivity index (χ1v) is 3.18. The molecule has 0 aliphatic carbocycles. The Balaban J connectivity index is 0. The smallest absolute Gasteiger partial charge is 0.0742 e. The molecule has 8 heavy (non-hydrogen) atoms. The maximum Gasteiger partial charge on any atom is 0.0742 e. The van der Waals surface area contributed by atoms with Crippen molar-refractivity contribution in [2.24, 2.45) is 0 Å². The molecule has 0 unspecified atom stereocenters. The van der Waals surface area contributed by atoms with Crippen LogP contribution in [-0.4, -0.2) is 19.6 Å². The van der Waals surface area contributed by atoms with Gasteiger partial charge in [-0.05, 0) is 20.8 Å². The van der Waals surface area contributed by atoms with E-state index in [1.165, 1.54) is 19.6 Å². The van der Waals surface area contributed by atoms with E-state index in [1.54, 1.807) is 4.90 Å². The lowest BCUT2D eigenvalue weighted by atomic mass is 10.5. The van der Waals surface area contributed by atoms with Crippen LogP contribution in [0.3, 0.4) is 0 Å². The van der Waals surface area contributed by atoms with E-state index in [9.17, 15) is 0 Å². The van der Waals surface area contributed by atoms with E-state index in [0.29, 0.717) is 0 Å². The fraction of sp³-hybridized carbons (Fsp3) is 1.00. The van der Waals surface area contributed by atoms with Crippen molar-refractivity contribution in [1.29, 1.82) is 0 Å². The number of hydrogen-bond donors (Lipinski definition) is 1. The van der Waals surface area contributed by atoms with Crippen LogP contribution in [0.1, 0.15) is 20.8 Å². The molecule has 1 nitrogen and oxygen atoms in total. The highest BCUT2D eigenvalue weighted by atomic mass is 79.9. The second-order valence-corrected chi connectivity index (χ2v) is 1.81. The largest absolute Gasteiger partial charge is 0.336 e. The van der Waals surface area contributed by atoms with Gasteiger partial charge in [-0.1, -0.05) is 0 Å². The van der Waals surface area contributed by atoms with Gasteiger partial charge in [0.15, 0.2) is 0 Å². The van der Waals surface area contributed by atoms with Gasteiger partial charge >= 0.3 is 0 Å². The number of quaternary nitrogens is 1. The first-order valence-electron chi connectivity index (χ1n) is 3.18. The normalized spacial score (nSPS) is 9.00. The van der Waals surface area contributed by atoms with Crippen LogP contribution in [0.25, 0.3) is 0 Å². The number of halogens is 1. The molecule has 0 spiro atoms. The summed E-state index contributed by atoms with van der Waals surface area (Å²) in [5.74, 6) is 0. The molecule has 0 saturated carbocycles. The Labute approximate surface area is 62.8 Å². The lowest BCUT2D eigenvalue weighted by Gasteiger charge is -2.10. The molecular formula is C6H17BrN+. The fourth-order valence-electron chi connectivity index (χ4n) is 0.750. The van der Waals surface area contributed by atoms with Crippen molar-refractivity contribution in [2.75, 3.05) is 19.6 Å². The van der Waals surface area contributed by atoms with Crippen LogP contribution < -0.4 is 4.90 Å². The van der Waals surface area contributed by atoms with Gasteiger partial charge in [0.25, 0.3) is 0 Å². The summed E-state index contributed by atoms with van der Waals surface area (Å²) < 4.78 is 0. The highest BCUT2D eigenvalue weighted by molar-refractivity contribution is 8.93. The lowest BCUT2D eigenvalue weighted by molar-refractivity contribution is -0.894. The van der Waals surface area contributed by atoms with Crippen LogP contribution in [0.4, 0.5) is 0 Å². The summed E-state index contributed by atoms with van der Waals surface area (Å²) in [5, 5.41) is 0. The van der Waals surface area contributed by atoms with Gasteiger partial charge in [0.2, 0.25) is 0 Å². The van der Waals surface area contributed by atoms with Crippen LogP contribution >= 0.6 is 17.0 Å². The van der Waals surface area contributed by atoms with Crippen LogP contribution in [0.15, 0.2) is 0 Å². The molecular weight excluding hydrogens is 166 g/mol. The molecule has 1 N–H and O–H groups in total. The third-order valence-electron chi connectivity index (χ3n) is 1.50. The SMILES string of the molecule is Br.CC[NH+](CC)CC. The van der Waals surface area contributed by atoms with Gasteiger partial charge in [-0.15, -0.1) is 17.0 Å². The molecule has 0 aliphatic rings. The van der Waals surface area contributed by atoms with Crippen molar-refractivity contribution < 1.29 is 4.90 Å². The summed E-state index contributed by atoms with van der Waals surface area (Å²) in [7, 11) is 0. The van der Waals surface area contributed by atoms with E-state index in [0.717, 1.165) is 0 Å². The number of nitrogens with one attached hydrogen (secondary N) is 1. The molecule has 0 aromatic rings. The van der Waals surface area contributed by atoms with E-state index in [2.05, 4.69) is 20.8 Å². The van der Waals surface area contributed by atoms with Gasteiger partial charge in [0.1, 0.15) is 0 Å². The predicted molar refractivity (Wildman–Crippen MR) is 42.9 cm³/mol. The van der Waals surface area contributed by atoms with Crippen LogP contribution in [0.2, 0.25) is 0 Å². The molecule has 2 heteroatoms. The third-order valence-corrected chi connectivity index (χ3v) is 1.50. The van der Waals surface area contributed by atoms with Crippen LogP contribution in [0, 0.1) is 0 Å². The van der Waals surface area contributed by atoms with Gasteiger partial charge in [-0.2, -0.15) is 0 Å². The fourth-order valence-corrected chi connectivity index (χ4v) is 0.750. The third kappa shape index (κ3) is 4.60. The van der Waals surface area contributed by atoms with Gasteiger partial charge in [0.05, 0.1) is 19.6 Å². The van der Waals surface area contributed by atoms with Crippen molar-refractivity contribution in [3.8, 4) is 0 Å². The summed E-state index contributed by atoms with van der Waals surface area (Å²) >= 11 is 0. The van der Waals surface area contributed by atoms with Gasteiger partial charge in [-0.3, -0.25) is 0 Å². The summed E-state index contributed by atoms with van der Waals surface area (Å²) in [6.07, 6.45) is 0. The predicted octanol–water partition coefficient (Wildman–Crippen LogP) is 0.509. The summed E-state index contributed by atoms with van der Waals surface area (Å²) in [6, 6.07) is 0. The highest BCUT2D eigenvalue weighted by Gasteiger charge is 1.92. The molecule has 0 rings (SSSR count). The highest BCUT2D eigenvalue weighted by Crippen LogP contribution is 1.45. The monoisotopic (exact) mass is 182 g/mol. The first-order chi connectivity index (χ1) is 3.35. The van der Waals surface area contributed by atoms with Crippen molar-refractivity contribution in [2.45, 2.75) is 20.8 Å². The molecule has 0 aromatic carbocycles. The molecule has 0 amide bonds. The first kappa shape index (κ1) is 11.3. The molecule has 0 saturated heterocycles. The quantitative estimate of drug-likeness (QED) is 0.650. The van der Waals surface area contributed by atoms with E-state index < -0.39 is 0 Å². The van der Waals surface area contributed by atoms with Crippen molar-refractivity contribution >= 4 is 17.0 Å². The van der Waals surface area contributed by atoms with E-state index in [-0.39, 0.29) is 17.0 Å². The Morgan fingerprint density at radius 3 is 1.12 bits per heavy atom. The van der Waals surface area contributed by atoms with Gasteiger partial charge in [0, 0.05) is 0 Å². The zero-order chi connectivity index (χ0) is 5.70. The minimum atomic E-state index is 0. The average molecular weight is 183 g/mol. The van der Waals surface area contributed by atoms with Crippen molar-refractivity contribution in [3.63, 3.8) is 0 Å². The molecule has 0 aliphatic heterocycles. The molecule has 0 radical (unpaired) electrons. The van der Waals surface area contributed by atoms with Crippen LogP contribution in [0.5, 0.6) is 0 Å². The zero-order valence-electron chi connectivity index (χ0n) is 6.03. The molecule has 0 atom stereocenters. The van der Waals surface area contributed by atoms with Crippen molar-refractivity contribution in [1.82, 2.24) is 0 Å². The van der Waals surface area contributed by atoms with Gasteiger partial charge in [-0.25, -0.2) is 0 Å². The molecule has 52 valence electrons. The molecule has 0 heterocycles. The Morgan fingerprint density at radius 2 is 1.12 bits per heavy atom. The summed E-state index contributed by atoms with van der Waals surface area (Å²) in [5.41, 5.74) is 0. The van der Waals surface area contributed by atoms with Gasteiger partial charge < -0.3 is 4.90 Å². The second kappa shape index (κ2) is 7.44. The lowest BCUT2D eigenvalue weighted by Crippen LogP contribution is -3.11. The standard InChI is InChI=1S/C6H15N.BrH/c1-4-7(5-2)6-3;/h4-6H2,1-3H3;1H/p+1. The maximum atomic E-state index is 2.22. The van der Waals surface area contributed by atoms with Crippen LogP contribution in [-0.2, 0) is 0 Å². The minimum Gasteiger partial charge on any atom is -0.336 e. The molecule has 0 bridgehead atoms. The van der Waals surface area contributed by atoms with E-state index in [1.807, 2.05) is 0 Å². The zero-order valence-corrected chi connectivity index (χ0v) is 7.74. The summed E-state index contributed by atoms with van der Waals surface area (Å²) in [4.78, 5) is 1.68. The number of rotatable bonds is 3.